The number of aryl methyl sites for hydroxylation is 1. The van der Waals surface area contributed by atoms with Crippen LogP contribution in [-0.2, 0) is 0 Å². The van der Waals surface area contributed by atoms with Crippen LogP contribution < -0.4 is 20.4 Å². The molecule has 2 aromatic rings. The third kappa shape index (κ3) is 2.83. The highest BCUT2D eigenvalue weighted by Gasteiger charge is 2.33. The van der Waals surface area contributed by atoms with E-state index in [1.165, 1.54) is 20.2 Å². The molecular weight excluding hydrogens is 365 g/mol. The second-order valence-corrected chi connectivity index (χ2v) is 7.66. The summed E-state index contributed by atoms with van der Waals surface area (Å²) >= 11 is 0. The Balaban J connectivity index is 2.10. The summed E-state index contributed by atoms with van der Waals surface area (Å²) in [5, 5.41) is 12.9. The first-order chi connectivity index (χ1) is 13.3. The van der Waals surface area contributed by atoms with Gasteiger partial charge in [0.15, 0.2) is 11.6 Å². The Morgan fingerprint density at radius 2 is 2.11 bits per heavy atom. The average molecular weight is 389 g/mol. The first-order valence-electron chi connectivity index (χ1n) is 9.51. The standard InChI is InChI=1S/C20H24FN3O4/c1-10-8-23(7-6-22-10)17-15(21)11(2)14-16(19(17)28-3)24(12-4-5-12)9-13(18(14)25)20(26)27/h9-10,12,22H,4-8H2,1-3H3,(H,26,27). The van der Waals surface area contributed by atoms with E-state index in [0.717, 1.165) is 12.8 Å². The number of halogens is 1. The molecule has 28 heavy (non-hydrogen) atoms. The maximum absolute atomic E-state index is 15.5. The summed E-state index contributed by atoms with van der Waals surface area (Å²) in [6, 6.07) is 0.281. The zero-order valence-electron chi connectivity index (χ0n) is 16.2. The molecular formula is C20H24FN3O4. The largest absolute Gasteiger partial charge is 0.492 e. The molecule has 0 spiro atoms. The Morgan fingerprint density at radius 1 is 1.39 bits per heavy atom. The molecule has 2 fully saturated rings. The van der Waals surface area contributed by atoms with Gasteiger partial charge in [-0.1, -0.05) is 0 Å². The number of carboxylic acid groups (broad SMARTS) is 1. The van der Waals surface area contributed by atoms with Crippen molar-refractivity contribution in [2.45, 2.75) is 38.8 Å². The number of hydrogen-bond acceptors (Lipinski definition) is 5. The summed E-state index contributed by atoms with van der Waals surface area (Å²) in [6.45, 7) is 5.51. The SMILES string of the molecule is COc1c(N2CCNC(C)C2)c(F)c(C)c2c(=O)c(C(=O)O)cn(C3CC3)c12. The number of carboxylic acids is 1. The van der Waals surface area contributed by atoms with Crippen LogP contribution in [-0.4, -0.2) is 48.4 Å². The van der Waals surface area contributed by atoms with Gasteiger partial charge in [-0.15, -0.1) is 0 Å². The van der Waals surface area contributed by atoms with E-state index < -0.39 is 17.2 Å². The summed E-state index contributed by atoms with van der Waals surface area (Å²) in [5.74, 6) is -1.53. The normalized spacial score (nSPS) is 19.9. The van der Waals surface area contributed by atoms with Crippen molar-refractivity contribution in [3.63, 3.8) is 0 Å². The zero-order valence-corrected chi connectivity index (χ0v) is 16.2. The van der Waals surface area contributed by atoms with Crippen molar-refractivity contribution in [2.75, 3.05) is 31.6 Å². The summed E-state index contributed by atoms with van der Waals surface area (Å²) in [6.07, 6.45) is 3.15. The van der Waals surface area contributed by atoms with Crippen molar-refractivity contribution < 1.29 is 19.0 Å². The van der Waals surface area contributed by atoms with Gasteiger partial charge in [0.05, 0.1) is 18.0 Å². The van der Waals surface area contributed by atoms with Gasteiger partial charge in [0, 0.05) is 43.5 Å². The van der Waals surface area contributed by atoms with Gasteiger partial charge in [0.2, 0.25) is 5.43 Å². The summed E-state index contributed by atoms with van der Waals surface area (Å²) in [4.78, 5) is 26.5. The van der Waals surface area contributed by atoms with Gasteiger partial charge in [-0.05, 0) is 26.7 Å². The van der Waals surface area contributed by atoms with Gasteiger partial charge in [0.25, 0.3) is 0 Å². The molecule has 1 aromatic heterocycles. The molecule has 1 aliphatic heterocycles. The Bertz CT molecular complexity index is 1030. The van der Waals surface area contributed by atoms with Gasteiger partial charge >= 0.3 is 5.97 Å². The molecule has 1 aliphatic carbocycles. The lowest BCUT2D eigenvalue weighted by molar-refractivity contribution is 0.0695. The van der Waals surface area contributed by atoms with Gasteiger partial charge in [0.1, 0.15) is 11.3 Å². The van der Waals surface area contributed by atoms with E-state index in [9.17, 15) is 14.7 Å². The topological polar surface area (TPSA) is 83.8 Å². The number of hydrogen-bond donors (Lipinski definition) is 2. The quantitative estimate of drug-likeness (QED) is 0.835. The summed E-state index contributed by atoms with van der Waals surface area (Å²) < 4.78 is 23.0. The minimum absolute atomic E-state index is 0.0908. The third-order valence-electron chi connectivity index (χ3n) is 5.64. The van der Waals surface area contributed by atoms with Crippen LogP contribution in [0.2, 0.25) is 0 Å². The minimum Gasteiger partial charge on any atom is -0.492 e. The van der Waals surface area contributed by atoms with Crippen LogP contribution >= 0.6 is 0 Å². The number of fused-ring (bicyclic) bond motifs is 1. The van der Waals surface area contributed by atoms with Crippen LogP contribution in [0.15, 0.2) is 11.0 Å². The fourth-order valence-corrected chi connectivity index (χ4v) is 4.12. The fourth-order valence-electron chi connectivity index (χ4n) is 4.12. The molecule has 0 bridgehead atoms. The number of rotatable bonds is 4. The molecule has 2 aliphatic rings. The second kappa shape index (κ2) is 6.77. The molecule has 7 nitrogen and oxygen atoms in total. The highest BCUT2D eigenvalue weighted by molar-refractivity contribution is 5.99. The predicted octanol–water partition coefficient (Wildman–Crippen LogP) is 2.29. The second-order valence-electron chi connectivity index (χ2n) is 7.66. The van der Waals surface area contributed by atoms with Crippen molar-refractivity contribution >= 4 is 22.6 Å². The molecule has 0 amide bonds. The molecule has 2 heterocycles. The number of aromatic nitrogens is 1. The van der Waals surface area contributed by atoms with Crippen LogP contribution in [0.3, 0.4) is 0 Å². The maximum atomic E-state index is 15.5. The van der Waals surface area contributed by atoms with Crippen molar-refractivity contribution in [3.05, 3.63) is 33.4 Å². The molecule has 1 atom stereocenters. The van der Waals surface area contributed by atoms with E-state index in [4.69, 9.17) is 4.74 Å². The van der Waals surface area contributed by atoms with Crippen molar-refractivity contribution in [1.82, 2.24) is 9.88 Å². The van der Waals surface area contributed by atoms with Gasteiger partial charge in [-0.25, -0.2) is 9.18 Å². The van der Waals surface area contributed by atoms with E-state index in [2.05, 4.69) is 5.32 Å². The molecule has 4 rings (SSSR count). The summed E-state index contributed by atoms with van der Waals surface area (Å²) in [5.41, 5.74) is -0.0147. The van der Waals surface area contributed by atoms with Crippen molar-refractivity contribution in [3.8, 4) is 5.75 Å². The molecule has 1 unspecified atom stereocenters. The number of carbonyl (C=O) groups is 1. The monoisotopic (exact) mass is 389 g/mol. The van der Waals surface area contributed by atoms with E-state index in [0.29, 0.717) is 36.6 Å². The van der Waals surface area contributed by atoms with Gasteiger partial charge in [-0.3, -0.25) is 4.79 Å². The first kappa shape index (κ1) is 18.7. The van der Waals surface area contributed by atoms with Gasteiger partial charge < -0.3 is 24.6 Å². The number of ether oxygens (including phenoxy) is 1. The van der Waals surface area contributed by atoms with E-state index in [-0.39, 0.29) is 28.6 Å². The number of nitrogens with one attached hydrogen (secondary N) is 1. The van der Waals surface area contributed by atoms with Gasteiger partial charge in [-0.2, -0.15) is 0 Å². The molecule has 0 radical (unpaired) electrons. The summed E-state index contributed by atoms with van der Waals surface area (Å²) in [7, 11) is 1.46. The lowest BCUT2D eigenvalue weighted by atomic mass is 10.0. The zero-order chi connectivity index (χ0) is 20.2. The average Bonchev–Trinajstić information content (AvgIpc) is 3.49. The minimum atomic E-state index is -1.31. The Labute approximate surface area is 161 Å². The number of pyridine rings is 1. The lowest BCUT2D eigenvalue weighted by Gasteiger charge is -2.35. The molecule has 1 saturated heterocycles. The number of benzene rings is 1. The Morgan fingerprint density at radius 3 is 2.68 bits per heavy atom. The predicted molar refractivity (Wildman–Crippen MR) is 104 cm³/mol. The van der Waals surface area contributed by atoms with E-state index in [1.807, 2.05) is 11.8 Å². The van der Waals surface area contributed by atoms with Crippen molar-refractivity contribution in [2.24, 2.45) is 0 Å². The van der Waals surface area contributed by atoms with Crippen LogP contribution in [0.5, 0.6) is 5.75 Å². The highest BCUT2D eigenvalue weighted by atomic mass is 19.1. The van der Waals surface area contributed by atoms with Crippen LogP contribution in [0.1, 0.15) is 41.7 Å². The van der Waals surface area contributed by atoms with Crippen LogP contribution in [0, 0.1) is 12.7 Å². The van der Waals surface area contributed by atoms with E-state index in [1.54, 1.807) is 4.57 Å². The highest BCUT2D eigenvalue weighted by Crippen LogP contribution is 2.45. The molecule has 150 valence electrons. The number of piperazine rings is 1. The molecule has 2 N–H and O–H groups in total. The number of aromatic carboxylic acids is 1. The molecule has 8 heteroatoms. The smallest absolute Gasteiger partial charge is 0.341 e. The number of methoxy groups -OCH3 is 1. The van der Waals surface area contributed by atoms with Crippen molar-refractivity contribution in [1.29, 1.82) is 0 Å². The maximum Gasteiger partial charge on any atom is 0.341 e. The fraction of sp³-hybridized carbons (Fsp3) is 0.500. The third-order valence-corrected chi connectivity index (χ3v) is 5.64. The lowest BCUT2D eigenvalue weighted by Crippen LogP contribution is -2.49. The first-order valence-corrected chi connectivity index (χ1v) is 9.51. The Kier molecular flexibility index (Phi) is 4.53. The molecule has 1 saturated carbocycles. The number of nitrogens with zero attached hydrogens (tertiary/aromatic N) is 2. The molecule has 1 aromatic carbocycles. The van der Waals surface area contributed by atoms with E-state index >= 15 is 4.39 Å². The Hall–Kier alpha value is -2.61. The number of anilines is 1. The van der Waals surface area contributed by atoms with Crippen LogP contribution in [0.4, 0.5) is 10.1 Å². The van der Waals surface area contributed by atoms with Crippen LogP contribution in [0.25, 0.3) is 10.9 Å².